The first-order chi connectivity index (χ1) is 20.4. The third kappa shape index (κ3) is 4.47. The molecule has 1 fully saturated rings. The van der Waals surface area contributed by atoms with Crippen LogP contribution in [0.2, 0.25) is 0 Å². The largest absolute Gasteiger partial charge is 0.469 e. The highest BCUT2D eigenvalue weighted by Gasteiger charge is 2.67. The maximum Gasteiger partial charge on any atom is 0.333 e. The van der Waals surface area contributed by atoms with Crippen molar-refractivity contribution in [2.24, 2.45) is 35.5 Å². The molecule has 0 bridgehead atoms. The second-order valence-corrected chi connectivity index (χ2v) is 11.4. The minimum Gasteiger partial charge on any atom is -0.469 e. The van der Waals surface area contributed by atoms with Crippen molar-refractivity contribution in [1.29, 1.82) is 0 Å². The van der Waals surface area contributed by atoms with Crippen molar-refractivity contribution >= 4 is 41.4 Å². The molecule has 1 aromatic carbocycles. The van der Waals surface area contributed by atoms with Crippen LogP contribution in [0.4, 0.5) is 0 Å². The zero-order valence-electron chi connectivity index (χ0n) is 24.4. The molecule has 3 amide bonds. The van der Waals surface area contributed by atoms with Gasteiger partial charge in [-0.2, -0.15) is 0 Å². The van der Waals surface area contributed by atoms with E-state index in [1.54, 1.807) is 37.3 Å². The number of carbonyl (C=O) groups is 7. The summed E-state index contributed by atoms with van der Waals surface area (Å²) in [5.41, 5.74) is -0.724. The lowest BCUT2D eigenvalue weighted by Gasteiger charge is -2.39. The van der Waals surface area contributed by atoms with Gasteiger partial charge in [0.05, 0.1) is 39.1 Å². The summed E-state index contributed by atoms with van der Waals surface area (Å²) in [6, 6.07) is 8.23. The van der Waals surface area contributed by atoms with Crippen LogP contribution in [-0.2, 0) is 43.0 Å². The molecular formula is C31H32N2O10. The van der Waals surface area contributed by atoms with Crippen LogP contribution in [-0.4, -0.2) is 79.7 Å². The summed E-state index contributed by atoms with van der Waals surface area (Å²) in [5, 5.41) is 2.85. The van der Waals surface area contributed by atoms with E-state index in [1.165, 1.54) is 27.2 Å². The number of benzene rings is 1. The van der Waals surface area contributed by atoms with Gasteiger partial charge in [-0.05, 0) is 37.3 Å². The molecule has 0 aromatic heterocycles. The van der Waals surface area contributed by atoms with Crippen molar-refractivity contribution < 1.29 is 47.8 Å². The molecular weight excluding hydrogens is 560 g/mol. The van der Waals surface area contributed by atoms with Crippen molar-refractivity contribution in [3.8, 4) is 0 Å². The molecule has 12 nitrogen and oxygen atoms in total. The van der Waals surface area contributed by atoms with Crippen molar-refractivity contribution in [3.63, 3.8) is 0 Å². The van der Waals surface area contributed by atoms with Gasteiger partial charge in [0.25, 0.3) is 5.91 Å². The number of Topliss-reactive ketones (excluding diaryl/α,β-unsaturated/α-hetero) is 1. The van der Waals surface area contributed by atoms with Gasteiger partial charge < -0.3 is 19.5 Å². The van der Waals surface area contributed by atoms with Crippen LogP contribution in [0.5, 0.6) is 0 Å². The van der Waals surface area contributed by atoms with E-state index < -0.39 is 89.0 Å². The molecule has 3 aliphatic carbocycles. The van der Waals surface area contributed by atoms with E-state index in [9.17, 15) is 33.6 Å². The molecule has 0 unspecified atom stereocenters. The number of methoxy groups -OCH3 is 3. The summed E-state index contributed by atoms with van der Waals surface area (Å²) in [5.74, 6) is -10.7. The number of nitrogens with zero attached hydrogens (tertiary/aromatic N) is 1. The molecule has 0 radical (unpaired) electrons. The molecule has 0 spiro atoms. The topological polar surface area (TPSA) is 162 Å². The molecule has 226 valence electrons. The number of esters is 3. The van der Waals surface area contributed by atoms with E-state index in [0.29, 0.717) is 5.57 Å². The van der Waals surface area contributed by atoms with Crippen LogP contribution < -0.4 is 5.32 Å². The summed E-state index contributed by atoms with van der Waals surface area (Å²) in [6.45, 7) is 2.56. The Morgan fingerprint density at radius 1 is 0.953 bits per heavy atom. The van der Waals surface area contributed by atoms with Gasteiger partial charge in [0, 0.05) is 22.6 Å². The Hall–Kier alpha value is -4.61. The molecule has 0 saturated carbocycles. The van der Waals surface area contributed by atoms with Crippen molar-refractivity contribution in [1.82, 2.24) is 10.2 Å². The smallest absolute Gasteiger partial charge is 0.333 e. The second-order valence-electron chi connectivity index (χ2n) is 11.4. The van der Waals surface area contributed by atoms with Crippen LogP contribution in [0.1, 0.15) is 30.6 Å². The highest BCUT2D eigenvalue weighted by Crippen LogP contribution is 2.60. The number of hydrogen-bond acceptors (Lipinski definition) is 10. The average Bonchev–Trinajstić information content (AvgIpc) is 3.28. The fraction of sp³-hybridized carbons (Fsp3) is 0.452. The van der Waals surface area contributed by atoms with Crippen LogP contribution in [0.15, 0.2) is 53.1 Å². The Balaban J connectivity index is 1.71. The van der Waals surface area contributed by atoms with Gasteiger partial charge >= 0.3 is 17.9 Å². The second kappa shape index (κ2) is 10.9. The molecule has 1 N–H and O–H groups in total. The summed E-state index contributed by atoms with van der Waals surface area (Å²) >= 11 is 0. The molecule has 43 heavy (non-hydrogen) atoms. The van der Waals surface area contributed by atoms with Gasteiger partial charge in [-0.3, -0.25) is 33.7 Å². The molecule has 5 rings (SSSR count). The van der Waals surface area contributed by atoms with Gasteiger partial charge in [0.2, 0.25) is 11.8 Å². The number of carbonyl (C=O) groups excluding carboxylic acids is 7. The van der Waals surface area contributed by atoms with E-state index in [1.807, 2.05) is 0 Å². The minimum absolute atomic E-state index is 0.0632. The SMILES string of the molecule is COC(=O)CN1C(=O)[C@@H]2[C@H](C1=O)[C@@H]1CC(C(=O)OC)=C[C@@H](C(=O)OC)[C@@H]3C1=C(C(=O)[C@@]3(C)NC(=O)c1ccccc1)[C@@H]2C. The summed E-state index contributed by atoms with van der Waals surface area (Å²) in [6.07, 6.45) is 1.26. The lowest BCUT2D eigenvalue weighted by Crippen LogP contribution is -2.57. The number of ketones is 1. The number of ether oxygens (including phenoxy) is 3. The van der Waals surface area contributed by atoms with Crippen LogP contribution in [0, 0.1) is 35.5 Å². The number of hydrogen-bond donors (Lipinski definition) is 1. The Bertz CT molecular complexity index is 1510. The van der Waals surface area contributed by atoms with Crippen molar-refractivity contribution in [2.75, 3.05) is 27.9 Å². The highest BCUT2D eigenvalue weighted by atomic mass is 16.5. The van der Waals surface area contributed by atoms with Gasteiger partial charge in [-0.1, -0.05) is 36.8 Å². The van der Waals surface area contributed by atoms with Crippen molar-refractivity contribution in [3.05, 3.63) is 58.7 Å². The van der Waals surface area contributed by atoms with E-state index in [4.69, 9.17) is 9.47 Å². The Morgan fingerprint density at radius 2 is 1.60 bits per heavy atom. The molecule has 12 heteroatoms. The molecule has 1 aliphatic heterocycles. The standard InChI is InChI=1S/C31H32N2O10/c1-14-20-22-17(23-21(14)27(37)33(28(23)38)13-19(34)41-3)11-16(29(39)42-4)12-18(30(40)43-5)24(22)31(2,25(20)35)32-26(36)15-9-7-6-8-10-15/h6-10,12,14,17-18,21,23-24H,11,13H2,1-5H3,(H,32,36)/t14-,17+,18+,21-,23+,24+,31-/m0/s1. The van der Waals surface area contributed by atoms with Gasteiger partial charge in [-0.25, -0.2) is 4.79 Å². The zero-order chi connectivity index (χ0) is 31.4. The molecule has 4 aliphatic rings. The first-order valence-corrected chi connectivity index (χ1v) is 13.9. The number of nitrogens with one attached hydrogen (secondary N) is 1. The van der Waals surface area contributed by atoms with Gasteiger partial charge in [0.1, 0.15) is 12.1 Å². The Kier molecular flexibility index (Phi) is 7.57. The fourth-order valence-corrected chi connectivity index (χ4v) is 7.44. The lowest BCUT2D eigenvalue weighted by molar-refractivity contribution is -0.151. The average molecular weight is 593 g/mol. The third-order valence-corrected chi connectivity index (χ3v) is 9.33. The Labute approximate surface area is 247 Å². The number of amides is 3. The van der Waals surface area contributed by atoms with Crippen LogP contribution in [0.25, 0.3) is 0 Å². The monoisotopic (exact) mass is 592 g/mol. The maximum absolute atomic E-state index is 14.5. The van der Waals surface area contributed by atoms with E-state index in [-0.39, 0.29) is 23.1 Å². The Morgan fingerprint density at radius 3 is 2.21 bits per heavy atom. The highest BCUT2D eigenvalue weighted by molar-refractivity contribution is 6.14. The quantitative estimate of drug-likeness (QED) is 0.287. The predicted octanol–water partition coefficient (Wildman–Crippen LogP) is 1.00. The van der Waals surface area contributed by atoms with Crippen LogP contribution >= 0.6 is 0 Å². The normalized spacial score (nSPS) is 31.0. The number of fused-ring (bicyclic) bond motifs is 2. The minimum atomic E-state index is -1.71. The number of likely N-dealkylation sites (tertiary alicyclic amines) is 1. The van der Waals surface area contributed by atoms with Gasteiger partial charge in [-0.15, -0.1) is 0 Å². The number of rotatable bonds is 6. The van der Waals surface area contributed by atoms with E-state index in [2.05, 4.69) is 10.1 Å². The summed E-state index contributed by atoms with van der Waals surface area (Å²) in [7, 11) is 3.49. The van der Waals surface area contributed by atoms with E-state index in [0.717, 1.165) is 12.0 Å². The molecule has 1 saturated heterocycles. The lowest BCUT2D eigenvalue weighted by atomic mass is 9.62. The summed E-state index contributed by atoms with van der Waals surface area (Å²) < 4.78 is 14.8. The fourth-order valence-electron chi connectivity index (χ4n) is 7.44. The van der Waals surface area contributed by atoms with Crippen molar-refractivity contribution in [2.45, 2.75) is 25.8 Å². The first kappa shape index (κ1) is 29.9. The molecule has 1 heterocycles. The first-order valence-electron chi connectivity index (χ1n) is 13.9. The zero-order valence-corrected chi connectivity index (χ0v) is 24.4. The van der Waals surface area contributed by atoms with E-state index >= 15 is 0 Å². The molecule has 1 aromatic rings. The predicted molar refractivity (Wildman–Crippen MR) is 146 cm³/mol. The summed E-state index contributed by atoms with van der Waals surface area (Å²) in [4.78, 5) is 94.8. The van der Waals surface area contributed by atoms with Crippen LogP contribution in [0.3, 0.4) is 0 Å². The number of imide groups is 1. The molecule has 7 atom stereocenters. The third-order valence-electron chi connectivity index (χ3n) is 9.33. The van der Waals surface area contributed by atoms with Gasteiger partial charge in [0.15, 0.2) is 5.78 Å². The maximum atomic E-state index is 14.5.